The van der Waals surface area contributed by atoms with E-state index in [0.717, 1.165) is 11.1 Å². The number of pyridine rings is 1. The van der Waals surface area contributed by atoms with E-state index in [2.05, 4.69) is 29.6 Å². The number of carbonyl (C=O) groups is 2. The lowest BCUT2D eigenvalue weighted by Gasteiger charge is -2.13. The van der Waals surface area contributed by atoms with Crippen molar-refractivity contribution in [3.63, 3.8) is 0 Å². The number of nitrogens with zero attached hydrogens (tertiary/aromatic N) is 3. The molecule has 7 nitrogen and oxygen atoms in total. The average molecular weight is 408 g/mol. The second-order valence-electron chi connectivity index (χ2n) is 8.34. The van der Waals surface area contributed by atoms with Crippen LogP contribution in [0.25, 0.3) is 11.0 Å². The molecular weight excluding hydrogens is 378 g/mol. The van der Waals surface area contributed by atoms with Crippen LogP contribution in [0.2, 0.25) is 0 Å². The van der Waals surface area contributed by atoms with Crippen molar-refractivity contribution in [3.8, 4) is 0 Å². The van der Waals surface area contributed by atoms with Gasteiger partial charge in [-0.2, -0.15) is 5.10 Å². The summed E-state index contributed by atoms with van der Waals surface area (Å²) in [7, 11) is 0. The molecule has 2 heterocycles. The van der Waals surface area contributed by atoms with Crippen LogP contribution in [-0.4, -0.2) is 26.6 Å². The minimum atomic E-state index is -0.216. The van der Waals surface area contributed by atoms with E-state index in [-0.39, 0.29) is 29.7 Å². The molecule has 158 valence electrons. The van der Waals surface area contributed by atoms with Crippen molar-refractivity contribution in [1.29, 1.82) is 0 Å². The molecule has 0 aliphatic carbocycles. The molecule has 0 aliphatic heterocycles. The Labute approximate surface area is 176 Å². The number of fused-ring (bicyclic) bond motifs is 1. The highest BCUT2D eigenvalue weighted by molar-refractivity contribution is 6.12. The summed E-state index contributed by atoms with van der Waals surface area (Å²) in [6.07, 6.45) is 1.70. The second kappa shape index (κ2) is 8.65. The first kappa shape index (κ1) is 21.5. The van der Waals surface area contributed by atoms with Crippen molar-refractivity contribution in [1.82, 2.24) is 14.8 Å². The van der Waals surface area contributed by atoms with Crippen LogP contribution < -0.4 is 10.6 Å². The highest BCUT2D eigenvalue weighted by atomic mass is 16.2. The fourth-order valence-corrected chi connectivity index (χ4v) is 3.02. The summed E-state index contributed by atoms with van der Waals surface area (Å²) >= 11 is 0. The van der Waals surface area contributed by atoms with Crippen LogP contribution in [-0.2, 0) is 4.79 Å². The zero-order chi connectivity index (χ0) is 22.0. The maximum absolute atomic E-state index is 13.1. The average Bonchev–Trinajstić information content (AvgIpc) is 3.12. The van der Waals surface area contributed by atoms with Crippen LogP contribution >= 0.6 is 0 Å². The summed E-state index contributed by atoms with van der Waals surface area (Å²) in [5.74, 6) is -0.179. The largest absolute Gasteiger partial charge is 0.326 e. The Bertz CT molecular complexity index is 1070. The van der Waals surface area contributed by atoms with Crippen LogP contribution in [0.1, 0.15) is 69.6 Å². The monoisotopic (exact) mass is 407 g/mol. The maximum Gasteiger partial charge on any atom is 0.256 e. The van der Waals surface area contributed by atoms with E-state index in [9.17, 15) is 9.59 Å². The van der Waals surface area contributed by atoms with Gasteiger partial charge in [-0.15, -0.1) is 0 Å². The molecule has 0 spiro atoms. The molecule has 7 heteroatoms. The molecule has 1 aromatic carbocycles. The zero-order valence-corrected chi connectivity index (χ0v) is 18.4. The van der Waals surface area contributed by atoms with E-state index >= 15 is 0 Å². The quantitative estimate of drug-likeness (QED) is 0.603. The highest BCUT2D eigenvalue weighted by Crippen LogP contribution is 2.25. The van der Waals surface area contributed by atoms with Gasteiger partial charge in [0.15, 0.2) is 5.65 Å². The molecule has 2 N–H and O–H groups in total. The Morgan fingerprint density at radius 2 is 1.53 bits per heavy atom. The first-order valence-electron chi connectivity index (χ1n) is 10.3. The molecule has 30 heavy (non-hydrogen) atoms. The molecular formula is C23H29N5O2. The molecule has 0 radical (unpaired) electrons. The summed E-state index contributed by atoms with van der Waals surface area (Å²) in [4.78, 5) is 29.7. The summed E-state index contributed by atoms with van der Waals surface area (Å²) in [6.45, 7) is 11.9. The fraction of sp³-hybridized carbons (Fsp3) is 0.391. The minimum Gasteiger partial charge on any atom is -0.326 e. The molecule has 0 bridgehead atoms. The Kier molecular flexibility index (Phi) is 6.20. The SMILES string of the molecule is CC(C)C(=O)Nc1ccc(NC(=O)c2cc(C(C)C)nc3c2cnn3C(C)C)cc1. The number of aromatic nitrogens is 3. The van der Waals surface area contributed by atoms with Crippen LogP contribution in [0, 0.1) is 5.92 Å². The Hall–Kier alpha value is -3.22. The van der Waals surface area contributed by atoms with Gasteiger partial charge in [-0.1, -0.05) is 27.7 Å². The number of amides is 2. The van der Waals surface area contributed by atoms with E-state index in [1.165, 1.54) is 0 Å². The minimum absolute atomic E-state index is 0.0469. The van der Waals surface area contributed by atoms with Gasteiger partial charge in [0.2, 0.25) is 5.91 Å². The first-order chi connectivity index (χ1) is 14.2. The summed E-state index contributed by atoms with van der Waals surface area (Å²) in [5, 5.41) is 10.9. The van der Waals surface area contributed by atoms with Gasteiger partial charge in [0, 0.05) is 29.0 Å². The number of rotatable bonds is 6. The Morgan fingerprint density at radius 3 is 2.07 bits per heavy atom. The van der Waals surface area contributed by atoms with E-state index in [1.807, 2.05) is 38.4 Å². The van der Waals surface area contributed by atoms with Crippen molar-refractivity contribution in [3.05, 3.63) is 47.8 Å². The van der Waals surface area contributed by atoms with Crippen LogP contribution in [0.15, 0.2) is 36.5 Å². The van der Waals surface area contributed by atoms with Crippen LogP contribution in [0.3, 0.4) is 0 Å². The van der Waals surface area contributed by atoms with Gasteiger partial charge < -0.3 is 10.6 Å². The van der Waals surface area contributed by atoms with E-state index in [0.29, 0.717) is 22.6 Å². The molecule has 2 aromatic heterocycles. The van der Waals surface area contributed by atoms with Gasteiger partial charge in [-0.3, -0.25) is 9.59 Å². The molecule has 0 aliphatic rings. The molecule has 3 rings (SSSR count). The predicted molar refractivity (Wildman–Crippen MR) is 120 cm³/mol. The van der Waals surface area contributed by atoms with Crippen molar-refractivity contribution in [2.24, 2.45) is 5.92 Å². The molecule has 0 unspecified atom stereocenters. The van der Waals surface area contributed by atoms with Crippen LogP contribution in [0.4, 0.5) is 11.4 Å². The van der Waals surface area contributed by atoms with Crippen molar-refractivity contribution < 1.29 is 9.59 Å². The van der Waals surface area contributed by atoms with Gasteiger partial charge in [0.25, 0.3) is 5.91 Å². The van der Waals surface area contributed by atoms with Crippen molar-refractivity contribution in [2.75, 3.05) is 10.6 Å². The van der Waals surface area contributed by atoms with Crippen molar-refractivity contribution >= 4 is 34.2 Å². The third-order valence-corrected chi connectivity index (χ3v) is 4.85. The number of hydrogen-bond donors (Lipinski definition) is 2. The van der Waals surface area contributed by atoms with E-state index < -0.39 is 0 Å². The first-order valence-corrected chi connectivity index (χ1v) is 10.3. The Balaban J connectivity index is 1.89. The zero-order valence-electron chi connectivity index (χ0n) is 18.4. The normalized spacial score (nSPS) is 11.5. The molecule has 0 saturated heterocycles. The molecule has 0 fully saturated rings. The number of nitrogens with one attached hydrogen (secondary N) is 2. The van der Waals surface area contributed by atoms with E-state index in [1.54, 1.807) is 30.5 Å². The number of anilines is 2. The Morgan fingerprint density at radius 1 is 0.933 bits per heavy atom. The lowest BCUT2D eigenvalue weighted by molar-refractivity contribution is -0.118. The highest BCUT2D eigenvalue weighted by Gasteiger charge is 2.19. The smallest absolute Gasteiger partial charge is 0.256 e. The summed E-state index contributed by atoms with van der Waals surface area (Å²) in [6, 6.07) is 9.07. The number of benzene rings is 1. The molecule has 0 atom stereocenters. The predicted octanol–water partition coefficient (Wildman–Crippen LogP) is 4.98. The number of carbonyl (C=O) groups excluding carboxylic acids is 2. The van der Waals surface area contributed by atoms with Gasteiger partial charge >= 0.3 is 0 Å². The lowest BCUT2D eigenvalue weighted by atomic mass is 10.0. The fourth-order valence-electron chi connectivity index (χ4n) is 3.02. The molecule has 3 aromatic rings. The van der Waals surface area contributed by atoms with Gasteiger partial charge in [-0.25, -0.2) is 9.67 Å². The maximum atomic E-state index is 13.1. The topological polar surface area (TPSA) is 88.9 Å². The van der Waals surface area contributed by atoms with Crippen LogP contribution in [0.5, 0.6) is 0 Å². The lowest BCUT2D eigenvalue weighted by Crippen LogP contribution is -2.17. The second-order valence-corrected chi connectivity index (χ2v) is 8.34. The molecule has 0 saturated carbocycles. The third-order valence-electron chi connectivity index (χ3n) is 4.85. The number of hydrogen-bond acceptors (Lipinski definition) is 4. The van der Waals surface area contributed by atoms with Crippen molar-refractivity contribution in [2.45, 2.75) is 53.5 Å². The van der Waals surface area contributed by atoms with E-state index in [4.69, 9.17) is 4.98 Å². The summed E-state index contributed by atoms with van der Waals surface area (Å²) < 4.78 is 1.84. The van der Waals surface area contributed by atoms with Gasteiger partial charge in [-0.05, 0) is 50.1 Å². The van der Waals surface area contributed by atoms with Gasteiger partial charge in [0.1, 0.15) is 0 Å². The summed E-state index contributed by atoms with van der Waals surface area (Å²) in [5.41, 5.74) is 3.45. The standard InChI is InChI=1S/C23H29N5O2/c1-13(2)20-11-18(19-12-24-28(15(5)6)21(19)27-20)23(30)26-17-9-7-16(8-10-17)25-22(29)14(3)4/h7-15H,1-6H3,(H,25,29)(H,26,30). The third kappa shape index (κ3) is 4.50. The van der Waals surface area contributed by atoms with Gasteiger partial charge in [0.05, 0.1) is 17.1 Å². The molecule has 2 amide bonds.